The van der Waals surface area contributed by atoms with Gasteiger partial charge < -0.3 is 14.8 Å². The highest BCUT2D eigenvalue weighted by atomic mass is 19.1. The molecule has 1 aliphatic rings. The van der Waals surface area contributed by atoms with E-state index >= 15 is 0 Å². The van der Waals surface area contributed by atoms with Crippen LogP contribution in [0, 0.1) is 11.7 Å². The molecular formula is C19H29FN2O3. The lowest BCUT2D eigenvalue weighted by atomic mass is 10.0. The van der Waals surface area contributed by atoms with E-state index in [0.29, 0.717) is 24.3 Å². The minimum Gasteiger partial charge on any atom is -0.481 e. The fourth-order valence-corrected chi connectivity index (χ4v) is 2.98. The van der Waals surface area contributed by atoms with Crippen LogP contribution in [-0.2, 0) is 9.53 Å². The Morgan fingerprint density at radius 2 is 1.88 bits per heavy atom. The van der Waals surface area contributed by atoms with E-state index in [9.17, 15) is 9.18 Å². The Hall–Kier alpha value is -1.66. The number of carbonyl (C=O) groups is 1. The molecule has 1 heterocycles. The highest BCUT2D eigenvalue weighted by molar-refractivity contribution is 5.80. The van der Waals surface area contributed by atoms with Crippen LogP contribution in [0.2, 0.25) is 0 Å². The second kappa shape index (κ2) is 9.73. The van der Waals surface area contributed by atoms with Crippen LogP contribution >= 0.6 is 0 Å². The number of nitrogens with zero attached hydrogens (tertiary/aromatic N) is 1. The molecule has 0 saturated carbocycles. The minimum atomic E-state index is -0.630. The summed E-state index contributed by atoms with van der Waals surface area (Å²) in [6.45, 7) is 9.95. The largest absolute Gasteiger partial charge is 0.481 e. The average Bonchev–Trinajstić information content (AvgIpc) is 2.60. The molecule has 1 aromatic carbocycles. The van der Waals surface area contributed by atoms with Gasteiger partial charge in [-0.05, 0) is 43.5 Å². The molecule has 140 valence electrons. The van der Waals surface area contributed by atoms with Gasteiger partial charge in [-0.15, -0.1) is 0 Å². The summed E-state index contributed by atoms with van der Waals surface area (Å²) in [6.07, 6.45) is 0.392. The maximum Gasteiger partial charge on any atom is 0.260 e. The lowest BCUT2D eigenvalue weighted by Crippen LogP contribution is -2.50. The smallest absolute Gasteiger partial charge is 0.260 e. The molecular weight excluding hydrogens is 323 g/mol. The normalized spacial score (nSPS) is 18.0. The molecule has 0 radical (unpaired) electrons. The standard InChI is InChI=1S/C19H29FN2O3/c1-14(2)12-17(22-8-10-24-11-9-22)13-21-19(23)15(3)25-18-6-4-16(20)5-7-18/h4-7,14-15,17H,8-13H2,1-3H3,(H,21,23). The van der Waals surface area contributed by atoms with Crippen LogP contribution in [-0.4, -0.2) is 55.8 Å². The van der Waals surface area contributed by atoms with Crippen molar-refractivity contribution in [2.24, 2.45) is 5.92 Å². The topological polar surface area (TPSA) is 50.8 Å². The molecule has 6 heteroatoms. The summed E-state index contributed by atoms with van der Waals surface area (Å²) >= 11 is 0. The highest BCUT2D eigenvalue weighted by Gasteiger charge is 2.23. The third-order valence-electron chi connectivity index (χ3n) is 4.31. The molecule has 25 heavy (non-hydrogen) atoms. The van der Waals surface area contributed by atoms with E-state index < -0.39 is 6.10 Å². The van der Waals surface area contributed by atoms with Crippen molar-refractivity contribution in [1.29, 1.82) is 0 Å². The number of ether oxygens (including phenoxy) is 2. The summed E-state index contributed by atoms with van der Waals surface area (Å²) in [5.74, 6) is 0.548. The van der Waals surface area contributed by atoms with Gasteiger partial charge in [0.1, 0.15) is 11.6 Å². The number of morpholine rings is 1. The van der Waals surface area contributed by atoms with Crippen LogP contribution in [0.25, 0.3) is 0 Å². The lowest BCUT2D eigenvalue weighted by Gasteiger charge is -2.35. The fraction of sp³-hybridized carbons (Fsp3) is 0.632. The molecule has 0 aliphatic carbocycles. The van der Waals surface area contributed by atoms with E-state index in [1.807, 2.05) is 0 Å². The van der Waals surface area contributed by atoms with Gasteiger partial charge in [0.15, 0.2) is 6.10 Å². The van der Waals surface area contributed by atoms with Gasteiger partial charge in [-0.3, -0.25) is 9.69 Å². The maximum atomic E-state index is 12.9. The van der Waals surface area contributed by atoms with E-state index in [0.717, 1.165) is 32.7 Å². The Morgan fingerprint density at radius 3 is 2.48 bits per heavy atom. The number of benzene rings is 1. The van der Waals surface area contributed by atoms with E-state index in [2.05, 4.69) is 24.1 Å². The lowest BCUT2D eigenvalue weighted by molar-refractivity contribution is -0.127. The number of rotatable bonds is 8. The number of carbonyl (C=O) groups excluding carboxylic acids is 1. The summed E-state index contributed by atoms with van der Waals surface area (Å²) < 4.78 is 23.9. The zero-order valence-electron chi connectivity index (χ0n) is 15.3. The van der Waals surface area contributed by atoms with Gasteiger partial charge in [-0.2, -0.15) is 0 Å². The number of amides is 1. The predicted octanol–water partition coefficient (Wildman–Crippen LogP) is 2.46. The molecule has 1 aliphatic heterocycles. The number of hydrogen-bond donors (Lipinski definition) is 1. The first kappa shape index (κ1) is 19.7. The van der Waals surface area contributed by atoms with Crippen molar-refractivity contribution in [3.63, 3.8) is 0 Å². The quantitative estimate of drug-likeness (QED) is 0.781. The van der Waals surface area contributed by atoms with Crippen molar-refractivity contribution in [2.45, 2.75) is 39.3 Å². The Morgan fingerprint density at radius 1 is 1.24 bits per heavy atom. The van der Waals surface area contributed by atoms with Crippen molar-refractivity contribution in [3.8, 4) is 5.75 Å². The van der Waals surface area contributed by atoms with Crippen LogP contribution in [0.1, 0.15) is 27.2 Å². The van der Waals surface area contributed by atoms with Crippen LogP contribution in [0.15, 0.2) is 24.3 Å². The first-order chi connectivity index (χ1) is 12.0. The molecule has 1 aromatic rings. The predicted molar refractivity (Wildman–Crippen MR) is 95.1 cm³/mol. The van der Waals surface area contributed by atoms with E-state index in [-0.39, 0.29) is 11.7 Å². The van der Waals surface area contributed by atoms with E-state index in [4.69, 9.17) is 9.47 Å². The Kier molecular flexibility index (Phi) is 7.65. The molecule has 1 fully saturated rings. The Bertz CT molecular complexity index is 530. The van der Waals surface area contributed by atoms with Gasteiger partial charge in [0.25, 0.3) is 5.91 Å². The SMILES string of the molecule is CC(C)CC(CNC(=O)C(C)Oc1ccc(F)cc1)N1CCOCC1. The van der Waals surface area contributed by atoms with Gasteiger partial charge in [0.2, 0.25) is 0 Å². The summed E-state index contributed by atoms with van der Waals surface area (Å²) in [6, 6.07) is 5.97. The van der Waals surface area contributed by atoms with Crippen molar-refractivity contribution in [2.75, 3.05) is 32.8 Å². The average molecular weight is 352 g/mol. The first-order valence-corrected chi connectivity index (χ1v) is 8.97. The Balaban J connectivity index is 1.84. The van der Waals surface area contributed by atoms with Crippen molar-refractivity contribution in [1.82, 2.24) is 10.2 Å². The molecule has 5 nitrogen and oxygen atoms in total. The molecule has 2 rings (SSSR count). The molecule has 1 amide bonds. The minimum absolute atomic E-state index is 0.161. The maximum absolute atomic E-state index is 12.9. The van der Waals surface area contributed by atoms with Crippen molar-refractivity contribution >= 4 is 5.91 Å². The van der Waals surface area contributed by atoms with Gasteiger partial charge in [0.05, 0.1) is 13.2 Å². The zero-order chi connectivity index (χ0) is 18.2. The van der Waals surface area contributed by atoms with Gasteiger partial charge in [-0.1, -0.05) is 13.8 Å². The second-order valence-corrected chi connectivity index (χ2v) is 6.89. The van der Waals surface area contributed by atoms with Gasteiger partial charge in [-0.25, -0.2) is 4.39 Å². The molecule has 1 N–H and O–H groups in total. The summed E-state index contributed by atoms with van der Waals surface area (Å²) in [7, 11) is 0. The molecule has 0 spiro atoms. The molecule has 1 saturated heterocycles. The highest BCUT2D eigenvalue weighted by Crippen LogP contribution is 2.15. The zero-order valence-corrected chi connectivity index (χ0v) is 15.3. The van der Waals surface area contributed by atoms with E-state index in [1.165, 1.54) is 24.3 Å². The molecule has 2 unspecified atom stereocenters. The first-order valence-electron chi connectivity index (χ1n) is 8.97. The van der Waals surface area contributed by atoms with Crippen LogP contribution in [0.4, 0.5) is 4.39 Å². The van der Waals surface area contributed by atoms with Crippen LogP contribution in [0.5, 0.6) is 5.75 Å². The fourth-order valence-electron chi connectivity index (χ4n) is 2.98. The van der Waals surface area contributed by atoms with E-state index in [1.54, 1.807) is 6.92 Å². The molecule has 2 atom stereocenters. The van der Waals surface area contributed by atoms with Gasteiger partial charge in [0, 0.05) is 25.7 Å². The summed E-state index contributed by atoms with van der Waals surface area (Å²) in [5, 5.41) is 3.00. The summed E-state index contributed by atoms with van der Waals surface area (Å²) in [4.78, 5) is 14.7. The summed E-state index contributed by atoms with van der Waals surface area (Å²) in [5.41, 5.74) is 0. The Labute approximate surface area is 149 Å². The van der Waals surface area contributed by atoms with Crippen LogP contribution in [0.3, 0.4) is 0 Å². The number of hydrogen-bond acceptors (Lipinski definition) is 4. The third kappa shape index (κ3) is 6.63. The molecule has 0 bridgehead atoms. The second-order valence-electron chi connectivity index (χ2n) is 6.89. The van der Waals surface area contributed by atoms with Crippen LogP contribution < -0.4 is 10.1 Å². The monoisotopic (exact) mass is 352 g/mol. The molecule has 0 aromatic heterocycles. The third-order valence-corrected chi connectivity index (χ3v) is 4.31. The van der Waals surface area contributed by atoms with Crippen molar-refractivity contribution in [3.05, 3.63) is 30.1 Å². The van der Waals surface area contributed by atoms with Crippen molar-refractivity contribution < 1.29 is 18.7 Å². The number of nitrogens with one attached hydrogen (secondary N) is 1. The number of halogens is 1. The van der Waals surface area contributed by atoms with Gasteiger partial charge >= 0.3 is 0 Å².